The lowest BCUT2D eigenvalue weighted by Gasteiger charge is -2.28. The molecule has 0 atom stereocenters. The monoisotopic (exact) mass is 494 g/mol. The Labute approximate surface area is 199 Å². The summed E-state index contributed by atoms with van der Waals surface area (Å²) in [6.07, 6.45) is -2.54. The summed E-state index contributed by atoms with van der Waals surface area (Å²) >= 11 is 0. The third-order valence-corrected chi connectivity index (χ3v) is 5.06. The molecule has 0 fully saturated rings. The van der Waals surface area contributed by atoms with Crippen molar-refractivity contribution in [3.63, 3.8) is 0 Å². The summed E-state index contributed by atoms with van der Waals surface area (Å²) in [5.74, 6) is 0.465. The minimum atomic E-state index is -4.43. The molecule has 2 aromatic rings. The molecule has 2 N–H and O–H groups in total. The predicted octanol–water partition coefficient (Wildman–Crippen LogP) is 6.38. The van der Waals surface area contributed by atoms with Gasteiger partial charge in [-0.1, -0.05) is 50.3 Å². The first-order chi connectivity index (χ1) is 16.3. The third-order valence-electron chi connectivity index (χ3n) is 5.06. The van der Waals surface area contributed by atoms with Crippen LogP contribution in [0.15, 0.2) is 70.8 Å². The lowest BCUT2D eigenvalue weighted by atomic mass is 9.93. The molecule has 35 heavy (non-hydrogen) atoms. The Kier molecular flexibility index (Phi) is 7.72. The van der Waals surface area contributed by atoms with Crippen LogP contribution in [-0.4, -0.2) is 24.8 Å². The van der Waals surface area contributed by atoms with Crippen LogP contribution >= 0.6 is 0 Å². The number of hydrogen-bond acceptors (Lipinski definition) is 4. The van der Waals surface area contributed by atoms with Gasteiger partial charge in [-0.3, -0.25) is 4.99 Å². The maximum Gasteiger partial charge on any atom is 0.416 e. The van der Waals surface area contributed by atoms with Gasteiger partial charge in [0.15, 0.2) is 0 Å². The second-order valence-corrected chi connectivity index (χ2v) is 8.74. The van der Waals surface area contributed by atoms with E-state index in [1.807, 2.05) is 0 Å². The molecule has 2 aromatic carbocycles. The highest BCUT2D eigenvalue weighted by Gasteiger charge is 2.30. The first-order valence-corrected chi connectivity index (χ1v) is 10.6. The number of guanidine groups is 1. The summed E-state index contributed by atoms with van der Waals surface area (Å²) in [4.78, 5) is 4.38. The van der Waals surface area contributed by atoms with Crippen LogP contribution in [0, 0.1) is 5.41 Å². The smallest absolute Gasteiger partial charge is 0.354 e. The Morgan fingerprint density at radius 1 is 0.857 bits per heavy atom. The van der Waals surface area contributed by atoms with Crippen LogP contribution in [0.25, 0.3) is 12.2 Å². The highest BCUT2D eigenvalue weighted by molar-refractivity contribution is 6.09. The van der Waals surface area contributed by atoms with Crippen molar-refractivity contribution in [1.29, 1.82) is 0 Å². The van der Waals surface area contributed by atoms with Crippen LogP contribution in [0.5, 0.6) is 0 Å². The summed E-state index contributed by atoms with van der Waals surface area (Å²) in [7, 11) is 0. The van der Waals surface area contributed by atoms with Crippen molar-refractivity contribution in [2.75, 3.05) is 13.1 Å². The van der Waals surface area contributed by atoms with E-state index < -0.39 is 23.5 Å². The van der Waals surface area contributed by atoms with Crippen molar-refractivity contribution in [1.82, 2.24) is 10.7 Å². The molecular weight excluding hydrogens is 470 g/mol. The molecule has 0 spiro atoms. The average molecular weight is 494 g/mol. The fraction of sp³-hybridized carbons (Fsp3) is 0.280. The Morgan fingerprint density at radius 2 is 1.31 bits per heavy atom. The van der Waals surface area contributed by atoms with Crippen molar-refractivity contribution in [2.24, 2.45) is 15.5 Å². The van der Waals surface area contributed by atoms with Gasteiger partial charge in [-0.2, -0.15) is 31.4 Å². The number of benzene rings is 2. The maximum atomic E-state index is 12.8. The lowest BCUT2D eigenvalue weighted by molar-refractivity contribution is -0.138. The van der Waals surface area contributed by atoms with Crippen LogP contribution < -0.4 is 10.7 Å². The zero-order chi connectivity index (χ0) is 25.7. The Balaban J connectivity index is 1.80. The average Bonchev–Trinajstić information content (AvgIpc) is 2.79. The molecule has 0 amide bonds. The van der Waals surface area contributed by atoms with Gasteiger partial charge in [-0.15, -0.1) is 0 Å². The van der Waals surface area contributed by atoms with Gasteiger partial charge in [-0.25, -0.2) is 5.43 Å². The number of hydrazone groups is 1. The maximum absolute atomic E-state index is 12.8. The second kappa shape index (κ2) is 10.4. The van der Waals surface area contributed by atoms with E-state index in [2.05, 4.69) is 34.7 Å². The normalized spacial score (nSPS) is 16.9. The van der Waals surface area contributed by atoms with Crippen LogP contribution in [0.1, 0.15) is 36.1 Å². The number of rotatable bonds is 5. The molecule has 1 aliphatic rings. The van der Waals surface area contributed by atoms with Gasteiger partial charge in [0.1, 0.15) is 0 Å². The van der Waals surface area contributed by atoms with Gasteiger partial charge in [0.2, 0.25) is 5.96 Å². The number of halogens is 6. The van der Waals surface area contributed by atoms with Crippen LogP contribution in [-0.2, 0) is 12.4 Å². The molecule has 0 radical (unpaired) electrons. The van der Waals surface area contributed by atoms with E-state index in [4.69, 9.17) is 0 Å². The summed E-state index contributed by atoms with van der Waals surface area (Å²) in [5.41, 5.74) is 2.72. The molecule has 3 rings (SSSR count). The van der Waals surface area contributed by atoms with E-state index in [1.54, 1.807) is 24.3 Å². The fourth-order valence-corrected chi connectivity index (χ4v) is 2.98. The SMILES string of the molecule is CC1(C)CN=C(NN=C(C=Cc2ccc(C(F)(F)F)cc2)/C=C\c2ccc(C(F)(F)F)cc2)NC1. The number of nitrogens with zero attached hydrogens (tertiary/aromatic N) is 2. The molecule has 186 valence electrons. The highest BCUT2D eigenvalue weighted by atomic mass is 19.4. The van der Waals surface area contributed by atoms with Crippen molar-refractivity contribution in [3.8, 4) is 0 Å². The summed E-state index contributed by atoms with van der Waals surface area (Å²) < 4.78 is 76.7. The van der Waals surface area contributed by atoms with Gasteiger partial charge in [0.05, 0.1) is 16.8 Å². The van der Waals surface area contributed by atoms with Gasteiger partial charge in [-0.05, 0) is 47.5 Å². The summed E-state index contributed by atoms with van der Waals surface area (Å²) in [6, 6.07) is 9.25. The van der Waals surface area contributed by atoms with Crippen molar-refractivity contribution in [2.45, 2.75) is 26.2 Å². The van der Waals surface area contributed by atoms with Gasteiger partial charge >= 0.3 is 12.4 Å². The summed E-state index contributed by atoms with van der Waals surface area (Å²) in [6.45, 7) is 5.41. The molecular formula is C25H24F6N4. The van der Waals surface area contributed by atoms with Gasteiger partial charge in [0.25, 0.3) is 0 Å². The Hall–Kier alpha value is -3.56. The van der Waals surface area contributed by atoms with Crippen molar-refractivity contribution >= 4 is 23.8 Å². The van der Waals surface area contributed by atoms with Gasteiger partial charge < -0.3 is 5.32 Å². The molecule has 1 aliphatic heterocycles. The Bertz CT molecular complexity index is 1050. The molecule has 0 aromatic heterocycles. The van der Waals surface area contributed by atoms with E-state index in [-0.39, 0.29) is 5.41 Å². The molecule has 0 bridgehead atoms. The molecule has 0 unspecified atom stereocenters. The van der Waals surface area contributed by atoms with E-state index in [9.17, 15) is 26.3 Å². The minimum Gasteiger partial charge on any atom is -0.354 e. The van der Waals surface area contributed by atoms with Crippen LogP contribution in [0.4, 0.5) is 26.3 Å². The number of allylic oxidation sites excluding steroid dienone is 2. The first-order valence-electron chi connectivity index (χ1n) is 10.6. The van der Waals surface area contributed by atoms with Crippen molar-refractivity contribution < 1.29 is 26.3 Å². The molecule has 10 heteroatoms. The van der Waals surface area contributed by atoms with E-state index in [0.717, 1.165) is 24.3 Å². The predicted molar refractivity (Wildman–Crippen MR) is 126 cm³/mol. The minimum absolute atomic E-state index is 0.00266. The molecule has 4 nitrogen and oxygen atoms in total. The van der Waals surface area contributed by atoms with E-state index in [1.165, 1.54) is 24.3 Å². The van der Waals surface area contributed by atoms with Crippen LogP contribution in [0.3, 0.4) is 0 Å². The third kappa shape index (κ3) is 8.01. The first kappa shape index (κ1) is 26.1. The van der Waals surface area contributed by atoms with Gasteiger partial charge in [0, 0.05) is 18.5 Å². The second-order valence-electron chi connectivity index (χ2n) is 8.74. The molecule has 0 saturated carbocycles. The molecule has 0 saturated heterocycles. The Morgan fingerprint density at radius 3 is 1.69 bits per heavy atom. The fourth-order valence-electron chi connectivity index (χ4n) is 2.98. The lowest BCUT2D eigenvalue weighted by Crippen LogP contribution is -2.46. The topological polar surface area (TPSA) is 48.8 Å². The van der Waals surface area contributed by atoms with E-state index in [0.29, 0.717) is 35.9 Å². The largest absolute Gasteiger partial charge is 0.416 e. The van der Waals surface area contributed by atoms with Crippen LogP contribution in [0.2, 0.25) is 0 Å². The zero-order valence-corrected chi connectivity index (χ0v) is 19.0. The zero-order valence-electron chi connectivity index (χ0n) is 19.0. The number of alkyl halides is 6. The number of nitrogens with one attached hydrogen (secondary N) is 2. The molecule has 0 aliphatic carbocycles. The summed E-state index contributed by atoms with van der Waals surface area (Å²) in [5, 5.41) is 7.40. The van der Waals surface area contributed by atoms with E-state index >= 15 is 0 Å². The highest BCUT2D eigenvalue weighted by Crippen LogP contribution is 2.30. The van der Waals surface area contributed by atoms with Crippen molar-refractivity contribution in [3.05, 3.63) is 82.9 Å². The number of hydrogen-bond donors (Lipinski definition) is 2. The standard InChI is InChI=1S/C25H24F6N4/c1-23(2)15-32-22(33-16-23)35-34-21(13-7-17-3-9-19(10-4-17)24(26,27)28)14-8-18-5-11-20(12-6-18)25(29,30)31/h3-14H,15-16H2,1-2H3,(H2,32,33,35)/b13-7-,14-8?,34-21?. The quantitative estimate of drug-likeness (QED) is 0.288. The number of aliphatic imine (C=N–C) groups is 1. The molecule has 1 heterocycles.